The number of anilines is 2. The molecular formula is C12H14ClN5O. The average Bonchev–Trinajstić information content (AvgIpc) is 2.71. The van der Waals surface area contributed by atoms with E-state index in [4.69, 9.17) is 17.3 Å². The minimum atomic E-state index is -0.278. The number of aryl methyl sites for hydroxylation is 1. The first-order valence-electron chi connectivity index (χ1n) is 5.84. The van der Waals surface area contributed by atoms with Gasteiger partial charge in [-0.15, -0.1) is 0 Å². The second-order valence-corrected chi connectivity index (χ2v) is 4.42. The quantitative estimate of drug-likeness (QED) is 0.840. The summed E-state index contributed by atoms with van der Waals surface area (Å²) in [6.07, 6.45) is 3.94. The highest BCUT2D eigenvalue weighted by Gasteiger charge is 2.13. The Morgan fingerprint density at radius 1 is 1.47 bits per heavy atom. The zero-order valence-electron chi connectivity index (χ0n) is 10.4. The van der Waals surface area contributed by atoms with Crippen molar-refractivity contribution >= 4 is 29.0 Å². The van der Waals surface area contributed by atoms with Crippen molar-refractivity contribution in [3.05, 3.63) is 35.5 Å². The molecule has 0 unspecified atom stereocenters. The van der Waals surface area contributed by atoms with Gasteiger partial charge in [0, 0.05) is 18.8 Å². The van der Waals surface area contributed by atoms with Crippen molar-refractivity contribution in [1.82, 2.24) is 14.5 Å². The van der Waals surface area contributed by atoms with Crippen LogP contribution in [0.25, 0.3) is 0 Å². The molecule has 0 saturated carbocycles. The smallest absolute Gasteiger partial charge is 0.273 e. The molecule has 0 aliphatic carbocycles. The largest absolute Gasteiger partial charge is 0.397 e. The molecule has 6 nitrogen and oxygen atoms in total. The predicted molar refractivity (Wildman–Crippen MR) is 74.1 cm³/mol. The van der Waals surface area contributed by atoms with Crippen molar-refractivity contribution < 1.29 is 4.79 Å². The summed E-state index contributed by atoms with van der Waals surface area (Å²) in [5.74, 6) is 0.0766. The first kappa shape index (κ1) is 13.4. The van der Waals surface area contributed by atoms with E-state index in [1.807, 2.05) is 11.5 Å². The number of nitrogens with zero attached hydrogens (tertiary/aromatic N) is 3. The molecule has 100 valence electrons. The Morgan fingerprint density at radius 3 is 2.95 bits per heavy atom. The van der Waals surface area contributed by atoms with E-state index in [9.17, 15) is 4.79 Å². The number of amides is 1. The molecular weight excluding hydrogens is 266 g/mol. The average molecular weight is 280 g/mol. The molecule has 0 bridgehead atoms. The van der Waals surface area contributed by atoms with Crippen LogP contribution in [0.15, 0.2) is 24.7 Å². The fraction of sp³-hybridized carbons (Fsp3) is 0.250. The number of rotatable bonds is 4. The summed E-state index contributed by atoms with van der Waals surface area (Å²) < 4.78 is 1.81. The first-order chi connectivity index (χ1) is 9.10. The number of nitrogens with one attached hydrogen (secondary N) is 1. The lowest BCUT2D eigenvalue weighted by Crippen LogP contribution is -2.17. The zero-order valence-corrected chi connectivity index (χ0v) is 11.2. The summed E-state index contributed by atoms with van der Waals surface area (Å²) in [5.41, 5.74) is 6.77. The van der Waals surface area contributed by atoms with Gasteiger partial charge in [-0.25, -0.2) is 9.97 Å². The fourth-order valence-electron chi connectivity index (χ4n) is 1.73. The van der Waals surface area contributed by atoms with Crippen LogP contribution < -0.4 is 11.1 Å². The standard InChI is InChI=1S/C12H14ClN5O/c1-2-3-18-6-8(14)4-9(18)12(19)17-11-5-10(13)15-7-16-11/h4-7H,2-3,14H2,1H3,(H,15,16,17,19). The number of carbonyl (C=O) groups is 1. The lowest BCUT2D eigenvalue weighted by atomic mass is 10.3. The minimum absolute atomic E-state index is 0.272. The minimum Gasteiger partial charge on any atom is -0.397 e. The Morgan fingerprint density at radius 2 is 2.26 bits per heavy atom. The summed E-state index contributed by atoms with van der Waals surface area (Å²) in [6, 6.07) is 3.11. The van der Waals surface area contributed by atoms with Gasteiger partial charge >= 0.3 is 0 Å². The Hall–Kier alpha value is -2.08. The van der Waals surface area contributed by atoms with E-state index >= 15 is 0 Å². The highest BCUT2D eigenvalue weighted by atomic mass is 35.5. The molecule has 7 heteroatoms. The van der Waals surface area contributed by atoms with Gasteiger partial charge < -0.3 is 15.6 Å². The molecule has 3 N–H and O–H groups in total. The molecule has 2 heterocycles. The molecule has 0 fully saturated rings. The maximum absolute atomic E-state index is 12.1. The maximum Gasteiger partial charge on any atom is 0.273 e. The maximum atomic E-state index is 12.1. The summed E-state index contributed by atoms with van der Waals surface area (Å²) >= 11 is 5.73. The third-order valence-electron chi connectivity index (χ3n) is 2.49. The fourth-order valence-corrected chi connectivity index (χ4v) is 1.88. The molecule has 0 atom stereocenters. The number of nitrogens with two attached hydrogens (primary N) is 1. The summed E-state index contributed by atoms with van der Waals surface area (Å²) in [7, 11) is 0. The van der Waals surface area contributed by atoms with Gasteiger partial charge in [0.15, 0.2) is 0 Å². The van der Waals surface area contributed by atoms with Gasteiger partial charge in [0.1, 0.15) is 23.0 Å². The van der Waals surface area contributed by atoms with E-state index in [1.54, 1.807) is 12.3 Å². The lowest BCUT2D eigenvalue weighted by Gasteiger charge is -2.07. The van der Waals surface area contributed by atoms with Crippen LogP contribution in [0.2, 0.25) is 5.15 Å². The zero-order chi connectivity index (χ0) is 13.8. The number of halogens is 1. The van der Waals surface area contributed by atoms with Gasteiger partial charge in [-0.05, 0) is 12.5 Å². The van der Waals surface area contributed by atoms with E-state index < -0.39 is 0 Å². The third-order valence-corrected chi connectivity index (χ3v) is 2.70. The van der Waals surface area contributed by atoms with Crippen molar-refractivity contribution in [3.8, 4) is 0 Å². The Balaban J connectivity index is 2.20. The highest BCUT2D eigenvalue weighted by molar-refractivity contribution is 6.29. The molecule has 0 aliphatic rings. The van der Waals surface area contributed by atoms with E-state index in [2.05, 4.69) is 15.3 Å². The van der Waals surface area contributed by atoms with Crippen LogP contribution in [0.1, 0.15) is 23.8 Å². The third kappa shape index (κ3) is 3.23. The molecule has 0 spiro atoms. The van der Waals surface area contributed by atoms with Crippen molar-refractivity contribution in [2.24, 2.45) is 0 Å². The van der Waals surface area contributed by atoms with E-state index in [0.29, 0.717) is 17.2 Å². The van der Waals surface area contributed by atoms with Crippen LogP contribution >= 0.6 is 11.6 Å². The monoisotopic (exact) mass is 279 g/mol. The number of aromatic nitrogens is 3. The van der Waals surface area contributed by atoms with Crippen molar-refractivity contribution in [1.29, 1.82) is 0 Å². The molecule has 0 aliphatic heterocycles. The summed E-state index contributed by atoms with van der Waals surface area (Å²) in [5, 5.41) is 2.93. The van der Waals surface area contributed by atoms with Gasteiger partial charge in [-0.1, -0.05) is 18.5 Å². The van der Waals surface area contributed by atoms with Gasteiger partial charge in [0.2, 0.25) is 0 Å². The van der Waals surface area contributed by atoms with Crippen LogP contribution in [0.4, 0.5) is 11.5 Å². The molecule has 2 aromatic rings. The van der Waals surface area contributed by atoms with Crippen LogP contribution in [-0.2, 0) is 6.54 Å². The second-order valence-electron chi connectivity index (χ2n) is 4.03. The summed E-state index contributed by atoms with van der Waals surface area (Å²) in [4.78, 5) is 19.8. The van der Waals surface area contributed by atoms with Crippen molar-refractivity contribution in [2.75, 3.05) is 11.1 Å². The molecule has 0 saturated heterocycles. The van der Waals surface area contributed by atoms with Crippen LogP contribution in [0.5, 0.6) is 0 Å². The first-order valence-corrected chi connectivity index (χ1v) is 6.22. The van der Waals surface area contributed by atoms with Gasteiger partial charge in [-0.3, -0.25) is 4.79 Å². The van der Waals surface area contributed by atoms with Crippen LogP contribution in [-0.4, -0.2) is 20.4 Å². The number of carbonyl (C=O) groups excluding carboxylic acids is 1. The molecule has 2 aromatic heterocycles. The highest BCUT2D eigenvalue weighted by Crippen LogP contribution is 2.14. The van der Waals surface area contributed by atoms with Crippen molar-refractivity contribution in [3.63, 3.8) is 0 Å². The molecule has 1 amide bonds. The Labute approximate surface area is 115 Å². The second kappa shape index (κ2) is 5.71. The molecule has 0 aromatic carbocycles. The Kier molecular flexibility index (Phi) is 4.01. The number of hydrogen-bond acceptors (Lipinski definition) is 4. The molecule has 19 heavy (non-hydrogen) atoms. The Bertz CT molecular complexity index is 596. The molecule has 2 rings (SSSR count). The normalized spacial score (nSPS) is 10.4. The topological polar surface area (TPSA) is 85.8 Å². The van der Waals surface area contributed by atoms with Crippen LogP contribution in [0, 0.1) is 0 Å². The van der Waals surface area contributed by atoms with E-state index in [1.165, 1.54) is 12.4 Å². The number of hydrogen-bond donors (Lipinski definition) is 2. The lowest BCUT2D eigenvalue weighted by molar-refractivity contribution is 0.101. The predicted octanol–water partition coefficient (Wildman–Crippen LogP) is 2.18. The van der Waals surface area contributed by atoms with Gasteiger partial charge in [-0.2, -0.15) is 0 Å². The van der Waals surface area contributed by atoms with Crippen LogP contribution in [0.3, 0.4) is 0 Å². The van der Waals surface area contributed by atoms with Gasteiger partial charge in [0.25, 0.3) is 5.91 Å². The van der Waals surface area contributed by atoms with E-state index in [-0.39, 0.29) is 11.1 Å². The number of nitrogen functional groups attached to an aromatic ring is 1. The summed E-state index contributed by atoms with van der Waals surface area (Å²) in [6.45, 7) is 2.76. The van der Waals surface area contributed by atoms with Gasteiger partial charge in [0.05, 0.1) is 5.69 Å². The SMILES string of the molecule is CCCn1cc(N)cc1C(=O)Nc1cc(Cl)ncn1. The van der Waals surface area contributed by atoms with E-state index in [0.717, 1.165) is 13.0 Å². The van der Waals surface area contributed by atoms with Crippen molar-refractivity contribution in [2.45, 2.75) is 19.9 Å². The molecule has 0 radical (unpaired) electrons.